The second-order valence-corrected chi connectivity index (χ2v) is 9.90. The summed E-state index contributed by atoms with van der Waals surface area (Å²) in [5.74, 6) is 0. The normalized spacial score (nSPS) is 14.4. The average Bonchev–Trinajstić information content (AvgIpc) is 2.61. The lowest BCUT2D eigenvalue weighted by Gasteiger charge is -2.17. The van der Waals surface area contributed by atoms with Crippen LogP contribution in [-0.4, -0.2) is 29.4 Å². The van der Waals surface area contributed by atoms with Crippen LogP contribution in [-0.2, 0) is 10.1 Å². The van der Waals surface area contributed by atoms with Gasteiger partial charge in [0.1, 0.15) is 0 Å². The van der Waals surface area contributed by atoms with Gasteiger partial charge in [-0.05, 0) is 19.3 Å². The van der Waals surface area contributed by atoms with Gasteiger partial charge in [-0.2, -0.15) is 8.42 Å². The Morgan fingerprint density at radius 2 is 1.04 bits per heavy atom. The molecule has 0 aliphatic rings. The van der Waals surface area contributed by atoms with Gasteiger partial charge >= 0.3 is 0 Å². The van der Waals surface area contributed by atoms with E-state index in [1.165, 1.54) is 70.6 Å². The zero-order valence-electron chi connectivity index (χ0n) is 18.0. The van der Waals surface area contributed by atoms with Crippen LogP contribution in [0.3, 0.4) is 0 Å². The minimum atomic E-state index is -4.05. The zero-order chi connectivity index (χ0) is 20.4. The Morgan fingerprint density at radius 3 is 1.44 bits per heavy atom. The second-order valence-electron chi connectivity index (χ2n) is 8.20. The van der Waals surface area contributed by atoms with Crippen LogP contribution in [0.1, 0.15) is 129 Å². The van der Waals surface area contributed by atoms with E-state index in [4.69, 9.17) is 0 Å². The number of hydrogen-bond donors (Lipinski definition) is 2. The Hall–Kier alpha value is -0.130. The monoisotopic (exact) mass is 406 g/mol. The first-order valence-electron chi connectivity index (χ1n) is 11.6. The van der Waals surface area contributed by atoms with Gasteiger partial charge in [0.05, 0.1) is 11.4 Å². The van der Waals surface area contributed by atoms with Crippen molar-refractivity contribution in [3.05, 3.63) is 0 Å². The molecule has 0 aromatic carbocycles. The highest BCUT2D eigenvalue weighted by Crippen LogP contribution is 2.19. The van der Waals surface area contributed by atoms with Crippen LogP contribution in [0, 0.1) is 0 Å². The predicted octanol–water partition coefficient (Wildman–Crippen LogP) is 6.67. The largest absolute Gasteiger partial charge is 0.393 e. The van der Waals surface area contributed by atoms with Crippen molar-refractivity contribution in [3.63, 3.8) is 0 Å². The van der Waals surface area contributed by atoms with Crippen molar-refractivity contribution in [1.82, 2.24) is 0 Å². The molecule has 0 amide bonds. The smallest absolute Gasteiger partial charge is 0.267 e. The Morgan fingerprint density at radius 1 is 0.630 bits per heavy atom. The molecule has 0 heterocycles. The van der Waals surface area contributed by atoms with Crippen LogP contribution in [0.25, 0.3) is 0 Å². The summed E-state index contributed by atoms with van der Waals surface area (Å²) in [5, 5.41) is 9.27. The molecule has 0 fully saturated rings. The molecule has 0 aromatic rings. The molecule has 2 unspecified atom stereocenters. The third-order valence-corrected chi connectivity index (χ3v) is 6.75. The lowest BCUT2D eigenvalue weighted by atomic mass is 10.0. The molecule has 0 saturated carbocycles. The van der Waals surface area contributed by atoms with Crippen molar-refractivity contribution in [2.75, 3.05) is 0 Å². The fourth-order valence-electron chi connectivity index (χ4n) is 3.64. The van der Waals surface area contributed by atoms with E-state index >= 15 is 0 Å². The molecule has 0 rings (SSSR count). The van der Waals surface area contributed by atoms with Crippen LogP contribution >= 0.6 is 0 Å². The predicted molar refractivity (Wildman–Crippen MR) is 116 cm³/mol. The van der Waals surface area contributed by atoms with Crippen LogP contribution in [0.5, 0.6) is 0 Å². The maximum Gasteiger partial charge on any atom is 0.267 e. The molecule has 0 spiro atoms. The number of aliphatic hydroxyl groups excluding tert-OH is 1. The Balaban J connectivity index is 3.55. The minimum absolute atomic E-state index is 0.164. The first kappa shape index (κ1) is 26.9. The molecule has 0 aromatic heterocycles. The third-order valence-electron chi connectivity index (χ3n) is 5.48. The van der Waals surface area contributed by atoms with Crippen LogP contribution in [0.15, 0.2) is 0 Å². The molecular formula is C22H46O4S. The summed E-state index contributed by atoms with van der Waals surface area (Å²) in [4.78, 5) is 0. The molecule has 2 atom stereocenters. The highest BCUT2D eigenvalue weighted by Gasteiger charge is 2.25. The lowest BCUT2D eigenvalue weighted by molar-refractivity contribution is 0.147. The van der Waals surface area contributed by atoms with Gasteiger partial charge in [0, 0.05) is 0 Å². The molecule has 0 radical (unpaired) electrons. The van der Waals surface area contributed by atoms with E-state index in [-0.39, 0.29) is 6.42 Å². The maximum atomic E-state index is 11.4. The molecule has 2 N–H and O–H groups in total. The first-order valence-corrected chi connectivity index (χ1v) is 13.1. The average molecular weight is 407 g/mol. The zero-order valence-corrected chi connectivity index (χ0v) is 18.8. The van der Waals surface area contributed by atoms with E-state index in [1.54, 1.807) is 0 Å². The molecule has 0 saturated heterocycles. The topological polar surface area (TPSA) is 74.6 Å². The van der Waals surface area contributed by atoms with E-state index < -0.39 is 21.5 Å². The van der Waals surface area contributed by atoms with Gasteiger partial charge in [-0.1, -0.05) is 110 Å². The maximum absolute atomic E-state index is 11.4. The summed E-state index contributed by atoms with van der Waals surface area (Å²) in [5.41, 5.74) is 0. The highest BCUT2D eigenvalue weighted by molar-refractivity contribution is 7.86. The SMILES string of the molecule is CCCCCCCCCCCCCCCC(O)CC(CCCC)S(=O)(=O)O. The molecule has 5 heteroatoms. The van der Waals surface area contributed by atoms with E-state index in [9.17, 15) is 18.1 Å². The third kappa shape index (κ3) is 17.7. The van der Waals surface area contributed by atoms with Crippen LogP contribution < -0.4 is 0 Å². The highest BCUT2D eigenvalue weighted by atomic mass is 32.2. The van der Waals surface area contributed by atoms with Gasteiger partial charge in [0.15, 0.2) is 0 Å². The summed E-state index contributed by atoms with van der Waals surface area (Å²) in [6.07, 6.45) is 19.0. The van der Waals surface area contributed by atoms with Gasteiger partial charge in [-0.3, -0.25) is 4.55 Å². The number of unbranched alkanes of at least 4 members (excludes halogenated alkanes) is 13. The van der Waals surface area contributed by atoms with Crippen LogP contribution in [0.2, 0.25) is 0 Å². The summed E-state index contributed by atoms with van der Waals surface area (Å²) in [7, 11) is -4.05. The van der Waals surface area contributed by atoms with Crippen molar-refractivity contribution < 1.29 is 18.1 Å². The molecule has 27 heavy (non-hydrogen) atoms. The number of rotatable bonds is 20. The molecule has 4 nitrogen and oxygen atoms in total. The van der Waals surface area contributed by atoms with Crippen molar-refractivity contribution >= 4 is 10.1 Å². The van der Waals surface area contributed by atoms with E-state index in [0.29, 0.717) is 12.8 Å². The summed E-state index contributed by atoms with van der Waals surface area (Å²) in [6.45, 7) is 4.25. The quantitative estimate of drug-likeness (QED) is 0.175. The summed E-state index contributed by atoms with van der Waals surface area (Å²) >= 11 is 0. The van der Waals surface area contributed by atoms with Gasteiger partial charge in [-0.15, -0.1) is 0 Å². The molecule has 0 bridgehead atoms. The number of aliphatic hydroxyl groups is 1. The van der Waals surface area contributed by atoms with Crippen LogP contribution in [0.4, 0.5) is 0 Å². The van der Waals surface area contributed by atoms with E-state index in [0.717, 1.165) is 25.7 Å². The van der Waals surface area contributed by atoms with Gasteiger partial charge < -0.3 is 5.11 Å². The summed E-state index contributed by atoms with van der Waals surface area (Å²) in [6, 6.07) is 0. The number of hydrogen-bond acceptors (Lipinski definition) is 3. The minimum Gasteiger partial charge on any atom is -0.393 e. The van der Waals surface area contributed by atoms with Crippen molar-refractivity contribution in [1.29, 1.82) is 0 Å². The van der Waals surface area contributed by atoms with Gasteiger partial charge in [-0.25, -0.2) is 0 Å². The van der Waals surface area contributed by atoms with E-state index in [2.05, 4.69) is 6.92 Å². The standard InChI is InChI=1S/C22H46O4S/c1-3-5-7-8-9-10-11-12-13-14-15-16-17-18-21(23)20-22(19-6-4-2)27(24,25)26/h21-23H,3-20H2,1-2H3,(H,24,25,26). The Kier molecular flexibility index (Phi) is 17.8. The van der Waals surface area contributed by atoms with E-state index in [1.807, 2.05) is 6.92 Å². The fraction of sp³-hybridized carbons (Fsp3) is 1.00. The lowest BCUT2D eigenvalue weighted by Crippen LogP contribution is -2.26. The molecule has 0 aliphatic heterocycles. The molecular weight excluding hydrogens is 360 g/mol. The first-order chi connectivity index (χ1) is 12.9. The fourth-order valence-corrected chi connectivity index (χ4v) is 4.57. The molecule has 0 aliphatic carbocycles. The van der Waals surface area contributed by atoms with Crippen molar-refractivity contribution in [2.45, 2.75) is 141 Å². The van der Waals surface area contributed by atoms with Gasteiger partial charge in [0.25, 0.3) is 10.1 Å². The molecule has 164 valence electrons. The Labute approximate surface area is 169 Å². The van der Waals surface area contributed by atoms with Crippen molar-refractivity contribution in [3.8, 4) is 0 Å². The van der Waals surface area contributed by atoms with Gasteiger partial charge in [0.2, 0.25) is 0 Å². The second kappa shape index (κ2) is 17.9. The summed E-state index contributed by atoms with van der Waals surface area (Å²) < 4.78 is 32.1. The van der Waals surface area contributed by atoms with Crippen molar-refractivity contribution in [2.24, 2.45) is 0 Å². The Bertz CT molecular complexity index is 409.